The van der Waals surface area contributed by atoms with E-state index in [2.05, 4.69) is 5.32 Å². The molecular weight excluding hydrogens is 285 g/mol. The van der Waals surface area contributed by atoms with Crippen molar-refractivity contribution in [2.75, 3.05) is 6.54 Å². The lowest BCUT2D eigenvalue weighted by molar-refractivity contribution is -0.138. The number of aliphatic carboxylic acids is 1. The molecule has 1 amide bonds. The summed E-state index contributed by atoms with van der Waals surface area (Å²) in [5, 5.41) is 12.1. The maximum atomic E-state index is 12.9. The van der Waals surface area contributed by atoms with Gasteiger partial charge in [-0.05, 0) is 42.4 Å². The zero-order valence-electron chi connectivity index (χ0n) is 12.3. The van der Waals surface area contributed by atoms with Crippen LogP contribution in [-0.2, 0) is 9.59 Å². The number of carbonyl (C=O) groups is 2. The van der Waals surface area contributed by atoms with E-state index in [1.807, 2.05) is 0 Å². The van der Waals surface area contributed by atoms with Crippen molar-refractivity contribution in [3.8, 4) is 0 Å². The smallest absolute Gasteiger partial charge is 0.312 e. The molecule has 0 saturated heterocycles. The Morgan fingerprint density at radius 1 is 1.18 bits per heavy atom. The van der Waals surface area contributed by atoms with Crippen LogP contribution in [0.1, 0.15) is 37.2 Å². The van der Waals surface area contributed by atoms with E-state index in [0.717, 1.165) is 12.8 Å². The summed E-state index contributed by atoms with van der Waals surface area (Å²) in [4.78, 5) is 23.6. The van der Waals surface area contributed by atoms with Gasteiger partial charge in [0.15, 0.2) is 0 Å². The van der Waals surface area contributed by atoms with Gasteiger partial charge in [-0.3, -0.25) is 9.59 Å². The van der Waals surface area contributed by atoms with Crippen molar-refractivity contribution in [2.24, 2.45) is 17.8 Å². The van der Waals surface area contributed by atoms with Gasteiger partial charge in [0.25, 0.3) is 0 Å². The van der Waals surface area contributed by atoms with Gasteiger partial charge in [0.2, 0.25) is 5.91 Å². The normalized spacial score (nSPS) is 27.6. The second kappa shape index (κ2) is 6.07. The molecule has 0 spiro atoms. The monoisotopic (exact) mass is 305 g/mol. The largest absolute Gasteiger partial charge is 0.481 e. The number of amides is 1. The third-order valence-corrected chi connectivity index (χ3v) is 5.01. The van der Waals surface area contributed by atoms with Crippen molar-refractivity contribution in [3.05, 3.63) is 35.6 Å². The fourth-order valence-electron chi connectivity index (χ4n) is 3.74. The van der Waals surface area contributed by atoms with E-state index in [4.69, 9.17) is 0 Å². The van der Waals surface area contributed by atoms with Crippen LogP contribution in [0.5, 0.6) is 0 Å². The number of carbonyl (C=O) groups excluding carboxylic acids is 1. The first-order valence-electron chi connectivity index (χ1n) is 7.84. The van der Waals surface area contributed by atoms with Crippen LogP contribution in [0.25, 0.3) is 0 Å². The lowest BCUT2D eigenvalue weighted by Crippen LogP contribution is -2.33. The van der Waals surface area contributed by atoms with Crippen LogP contribution in [0.2, 0.25) is 0 Å². The zero-order valence-corrected chi connectivity index (χ0v) is 12.3. The highest BCUT2D eigenvalue weighted by Gasteiger charge is 2.54. The summed E-state index contributed by atoms with van der Waals surface area (Å²) in [7, 11) is 0. The Kier molecular flexibility index (Phi) is 4.14. The summed E-state index contributed by atoms with van der Waals surface area (Å²) in [5.41, 5.74) is 0.502. The predicted molar refractivity (Wildman–Crippen MR) is 78.7 cm³/mol. The number of carboxylic acids is 1. The first-order chi connectivity index (χ1) is 10.6. The van der Waals surface area contributed by atoms with Gasteiger partial charge in [-0.1, -0.05) is 25.0 Å². The van der Waals surface area contributed by atoms with E-state index < -0.39 is 17.7 Å². The van der Waals surface area contributed by atoms with Crippen LogP contribution in [0.15, 0.2) is 24.3 Å². The minimum atomic E-state index is -1.01. The second-order valence-electron chi connectivity index (χ2n) is 6.33. The van der Waals surface area contributed by atoms with Gasteiger partial charge >= 0.3 is 5.97 Å². The molecule has 3 atom stereocenters. The summed E-state index contributed by atoms with van der Waals surface area (Å²) in [6, 6.07) is 5.39. The number of carboxylic acid groups (broad SMARTS) is 1. The summed E-state index contributed by atoms with van der Waals surface area (Å²) < 4.78 is 12.9. The molecule has 1 aromatic carbocycles. The maximum Gasteiger partial charge on any atom is 0.312 e. The van der Waals surface area contributed by atoms with Crippen LogP contribution in [-0.4, -0.2) is 23.5 Å². The Balaban J connectivity index is 1.59. The first-order valence-corrected chi connectivity index (χ1v) is 7.84. The molecule has 5 heteroatoms. The summed E-state index contributed by atoms with van der Waals surface area (Å²) >= 11 is 0. The van der Waals surface area contributed by atoms with Crippen molar-refractivity contribution in [1.29, 1.82) is 0 Å². The van der Waals surface area contributed by atoms with Crippen molar-refractivity contribution >= 4 is 11.9 Å². The fraction of sp³-hybridized carbons (Fsp3) is 0.529. The van der Waals surface area contributed by atoms with Crippen molar-refractivity contribution < 1.29 is 19.1 Å². The predicted octanol–water partition coefficient (Wildman–Crippen LogP) is 2.55. The van der Waals surface area contributed by atoms with E-state index in [0.29, 0.717) is 17.4 Å². The third-order valence-electron chi connectivity index (χ3n) is 5.01. The number of halogens is 1. The average Bonchev–Trinajstić information content (AvgIpc) is 3.23. The quantitative estimate of drug-likeness (QED) is 0.878. The Morgan fingerprint density at radius 3 is 2.32 bits per heavy atom. The molecule has 2 aliphatic rings. The fourth-order valence-corrected chi connectivity index (χ4v) is 3.74. The molecule has 3 unspecified atom stereocenters. The van der Waals surface area contributed by atoms with E-state index in [9.17, 15) is 19.1 Å². The van der Waals surface area contributed by atoms with Gasteiger partial charge in [-0.15, -0.1) is 0 Å². The molecule has 0 radical (unpaired) electrons. The summed E-state index contributed by atoms with van der Waals surface area (Å²) in [6.07, 6.45) is 4.61. The van der Waals surface area contributed by atoms with E-state index >= 15 is 0 Å². The van der Waals surface area contributed by atoms with Gasteiger partial charge in [0.1, 0.15) is 5.82 Å². The number of fused-ring (bicyclic) bond motifs is 1. The summed E-state index contributed by atoms with van der Waals surface area (Å²) in [6.45, 7) is 0.0513. The number of hydrogen-bond donors (Lipinski definition) is 2. The Labute approximate surface area is 128 Å². The molecule has 22 heavy (non-hydrogen) atoms. The van der Waals surface area contributed by atoms with E-state index in [-0.39, 0.29) is 18.4 Å². The molecule has 3 rings (SSSR count). The number of nitrogens with one attached hydrogen (secondary N) is 1. The molecule has 2 aliphatic carbocycles. The molecule has 4 nitrogen and oxygen atoms in total. The topological polar surface area (TPSA) is 66.4 Å². The van der Waals surface area contributed by atoms with Crippen LogP contribution in [0.4, 0.5) is 4.39 Å². The maximum absolute atomic E-state index is 12.9. The Bertz CT molecular complexity index is 560. The minimum Gasteiger partial charge on any atom is -0.481 e. The third kappa shape index (κ3) is 2.98. The van der Waals surface area contributed by atoms with Gasteiger partial charge in [0, 0.05) is 12.5 Å². The number of hydrogen-bond acceptors (Lipinski definition) is 2. The highest BCUT2D eigenvalue weighted by atomic mass is 19.1. The van der Waals surface area contributed by atoms with Crippen LogP contribution in [0.3, 0.4) is 0 Å². The van der Waals surface area contributed by atoms with Gasteiger partial charge < -0.3 is 10.4 Å². The molecule has 0 aliphatic heterocycles. The number of benzene rings is 1. The van der Waals surface area contributed by atoms with Gasteiger partial charge in [-0.2, -0.15) is 0 Å². The molecule has 2 fully saturated rings. The first kappa shape index (κ1) is 15.0. The molecule has 1 aromatic rings. The van der Waals surface area contributed by atoms with Crippen molar-refractivity contribution in [1.82, 2.24) is 5.32 Å². The molecule has 0 heterocycles. The van der Waals surface area contributed by atoms with Crippen molar-refractivity contribution in [2.45, 2.75) is 31.6 Å². The molecule has 118 valence electrons. The van der Waals surface area contributed by atoms with Crippen LogP contribution < -0.4 is 5.32 Å². The highest BCUT2D eigenvalue weighted by molar-refractivity contribution is 5.83. The van der Waals surface area contributed by atoms with Gasteiger partial charge in [0.05, 0.1) is 5.92 Å². The molecule has 0 bridgehead atoms. The Hall–Kier alpha value is -1.91. The highest BCUT2D eigenvalue weighted by Crippen LogP contribution is 2.55. The minimum absolute atomic E-state index is 0.0229. The van der Waals surface area contributed by atoms with E-state index in [1.165, 1.54) is 37.1 Å². The Morgan fingerprint density at radius 2 is 1.77 bits per heavy atom. The lowest BCUT2D eigenvalue weighted by Gasteiger charge is -2.14. The summed E-state index contributed by atoms with van der Waals surface area (Å²) in [5.74, 6) is -1.20. The SMILES string of the molecule is O=C(O)C(CNC(=O)C1C2CCCCC21)c1ccc(F)cc1. The van der Waals surface area contributed by atoms with Crippen molar-refractivity contribution in [3.63, 3.8) is 0 Å². The molecule has 0 aromatic heterocycles. The standard InChI is InChI=1S/C17H20FNO3/c18-11-7-5-10(6-8-11)14(17(21)22)9-19-16(20)15-12-3-1-2-4-13(12)15/h5-8,12-15H,1-4,9H2,(H,19,20)(H,21,22). The molecular formula is C17H20FNO3. The molecule has 2 N–H and O–H groups in total. The van der Waals surface area contributed by atoms with Crippen LogP contribution in [0, 0.1) is 23.6 Å². The lowest BCUT2D eigenvalue weighted by atomic mass is 9.99. The second-order valence-corrected chi connectivity index (χ2v) is 6.33. The van der Waals surface area contributed by atoms with E-state index in [1.54, 1.807) is 0 Å². The average molecular weight is 305 g/mol. The zero-order chi connectivity index (χ0) is 15.7. The number of rotatable bonds is 5. The van der Waals surface area contributed by atoms with Gasteiger partial charge in [-0.25, -0.2) is 4.39 Å². The molecule has 2 saturated carbocycles. The van der Waals surface area contributed by atoms with Crippen LogP contribution >= 0.6 is 0 Å².